The van der Waals surface area contributed by atoms with Gasteiger partial charge in [0.05, 0.1) is 33.6 Å². The average molecular weight is 367 g/mol. The number of anilines is 3. The summed E-state index contributed by atoms with van der Waals surface area (Å²) in [7, 11) is 4.72. The van der Waals surface area contributed by atoms with Gasteiger partial charge in [0.15, 0.2) is 11.5 Å². The number of benzene rings is 1. The molecular formula is C19H21N5O3. The topological polar surface area (TPSA) is 90.4 Å². The average Bonchev–Trinajstić information content (AvgIpc) is 2.72. The zero-order valence-corrected chi connectivity index (χ0v) is 15.4. The Morgan fingerprint density at radius 3 is 2.22 bits per heavy atom. The highest BCUT2D eigenvalue weighted by Crippen LogP contribution is 2.40. The molecule has 0 aliphatic carbocycles. The van der Waals surface area contributed by atoms with Crippen LogP contribution in [0.25, 0.3) is 0 Å². The minimum atomic E-state index is 0.533. The number of pyridine rings is 1. The third kappa shape index (κ3) is 4.55. The Hall–Kier alpha value is -3.55. The van der Waals surface area contributed by atoms with Crippen LogP contribution in [0, 0.1) is 0 Å². The standard InChI is InChI=1S/C19H21N5O3/c1-25-15-8-14(9-16(26-2)19(15)27-3)24-18-10-17(22-12-23-18)21-11-13-6-4-5-7-20-13/h4-10,12H,11H2,1-3H3,(H2,21,22,23,24). The summed E-state index contributed by atoms with van der Waals surface area (Å²) in [5.41, 5.74) is 1.68. The molecule has 3 aromatic rings. The number of methoxy groups -OCH3 is 3. The van der Waals surface area contributed by atoms with E-state index in [0.29, 0.717) is 35.4 Å². The van der Waals surface area contributed by atoms with Gasteiger partial charge in [-0.2, -0.15) is 0 Å². The summed E-state index contributed by atoms with van der Waals surface area (Å²) in [6, 6.07) is 11.2. The van der Waals surface area contributed by atoms with Crippen LogP contribution >= 0.6 is 0 Å². The smallest absolute Gasteiger partial charge is 0.203 e. The van der Waals surface area contributed by atoms with Gasteiger partial charge in [-0.3, -0.25) is 4.98 Å². The Morgan fingerprint density at radius 1 is 0.852 bits per heavy atom. The SMILES string of the molecule is COc1cc(Nc2cc(NCc3ccccn3)ncn2)cc(OC)c1OC. The molecule has 8 heteroatoms. The lowest BCUT2D eigenvalue weighted by atomic mass is 10.2. The fraction of sp³-hybridized carbons (Fsp3) is 0.211. The zero-order chi connectivity index (χ0) is 19.1. The van der Waals surface area contributed by atoms with Crippen molar-refractivity contribution >= 4 is 17.3 Å². The molecule has 0 saturated carbocycles. The summed E-state index contributed by atoms with van der Waals surface area (Å²) in [5, 5.41) is 6.45. The van der Waals surface area contributed by atoms with E-state index in [1.807, 2.05) is 36.4 Å². The van der Waals surface area contributed by atoms with Gasteiger partial charge >= 0.3 is 0 Å². The van der Waals surface area contributed by atoms with Gasteiger partial charge in [0.1, 0.15) is 18.0 Å². The van der Waals surface area contributed by atoms with Gasteiger partial charge in [0.25, 0.3) is 0 Å². The first-order chi connectivity index (χ1) is 13.2. The lowest BCUT2D eigenvalue weighted by Gasteiger charge is -2.15. The van der Waals surface area contributed by atoms with E-state index in [9.17, 15) is 0 Å². The van der Waals surface area contributed by atoms with E-state index < -0.39 is 0 Å². The molecule has 27 heavy (non-hydrogen) atoms. The van der Waals surface area contributed by atoms with Crippen LogP contribution in [0.15, 0.2) is 48.9 Å². The predicted molar refractivity (Wildman–Crippen MR) is 103 cm³/mol. The van der Waals surface area contributed by atoms with Gasteiger partial charge in [-0.25, -0.2) is 9.97 Å². The molecule has 3 rings (SSSR count). The maximum absolute atomic E-state index is 5.37. The Kier molecular flexibility index (Phi) is 5.88. The molecule has 0 amide bonds. The molecule has 0 aliphatic rings. The van der Waals surface area contributed by atoms with Crippen LogP contribution in [-0.4, -0.2) is 36.3 Å². The highest BCUT2D eigenvalue weighted by molar-refractivity contribution is 5.67. The fourth-order valence-corrected chi connectivity index (χ4v) is 2.51. The molecule has 2 heterocycles. The second-order valence-corrected chi connectivity index (χ2v) is 5.50. The van der Waals surface area contributed by atoms with Crippen LogP contribution in [-0.2, 0) is 6.54 Å². The molecule has 140 valence electrons. The zero-order valence-electron chi connectivity index (χ0n) is 15.4. The molecule has 0 atom stereocenters. The van der Waals surface area contributed by atoms with E-state index in [0.717, 1.165) is 11.4 Å². The maximum atomic E-state index is 5.37. The Balaban J connectivity index is 1.76. The summed E-state index contributed by atoms with van der Waals surface area (Å²) >= 11 is 0. The molecule has 0 aliphatic heterocycles. The Morgan fingerprint density at radius 2 is 1.59 bits per heavy atom. The molecule has 2 aromatic heterocycles. The minimum absolute atomic E-state index is 0.533. The first kappa shape index (κ1) is 18.2. The number of ether oxygens (including phenoxy) is 3. The molecule has 0 bridgehead atoms. The second-order valence-electron chi connectivity index (χ2n) is 5.50. The Labute approximate surface area is 157 Å². The summed E-state index contributed by atoms with van der Waals surface area (Å²) in [5.74, 6) is 2.96. The maximum Gasteiger partial charge on any atom is 0.203 e. The fourth-order valence-electron chi connectivity index (χ4n) is 2.51. The third-order valence-corrected chi connectivity index (χ3v) is 3.78. The van der Waals surface area contributed by atoms with Gasteiger partial charge < -0.3 is 24.8 Å². The van der Waals surface area contributed by atoms with Crippen molar-refractivity contribution in [1.82, 2.24) is 15.0 Å². The number of nitrogens with zero attached hydrogens (tertiary/aromatic N) is 3. The number of hydrogen-bond donors (Lipinski definition) is 2. The number of aromatic nitrogens is 3. The van der Waals surface area contributed by atoms with E-state index in [4.69, 9.17) is 14.2 Å². The first-order valence-corrected chi connectivity index (χ1v) is 8.26. The number of hydrogen-bond acceptors (Lipinski definition) is 8. The van der Waals surface area contributed by atoms with Crippen molar-refractivity contribution < 1.29 is 14.2 Å². The van der Waals surface area contributed by atoms with Crippen LogP contribution in [0.3, 0.4) is 0 Å². The monoisotopic (exact) mass is 367 g/mol. The molecule has 0 radical (unpaired) electrons. The molecule has 8 nitrogen and oxygen atoms in total. The molecule has 2 N–H and O–H groups in total. The van der Waals surface area contributed by atoms with Crippen molar-refractivity contribution in [1.29, 1.82) is 0 Å². The minimum Gasteiger partial charge on any atom is -0.493 e. The molecule has 1 aromatic carbocycles. The number of nitrogens with one attached hydrogen (secondary N) is 2. The molecular weight excluding hydrogens is 346 g/mol. The van der Waals surface area contributed by atoms with Gasteiger partial charge in [0, 0.05) is 30.1 Å². The third-order valence-electron chi connectivity index (χ3n) is 3.78. The lowest BCUT2D eigenvalue weighted by Crippen LogP contribution is -2.04. The van der Waals surface area contributed by atoms with Crippen molar-refractivity contribution in [2.24, 2.45) is 0 Å². The van der Waals surface area contributed by atoms with Crippen LogP contribution in [0.1, 0.15) is 5.69 Å². The van der Waals surface area contributed by atoms with Crippen molar-refractivity contribution in [3.05, 3.63) is 54.6 Å². The van der Waals surface area contributed by atoms with E-state index in [1.54, 1.807) is 27.5 Å². The van der Waals surface area contributed by atoms with Crippen molar-refractivity contribution in [3.8, 4) is 17.2 Å². The van der Waals surface area contributed by atoms with E-state index >= 15 is 0 Å². The highest BCUT2D eigenvalue weighted by atomic mass is 16.5. The van der Waals surface area contributed by atoms with Crippen LogP contribution < -0.4 is 24.8 Å². The normalized spacial score (nSPS) is 10.2. The van der Waals surface area contributed by atoms with Crippen LogP contribution in [0.2, 0.25) is 0 Å². The molecule has 0 spiro atoms. The van der Waals surface area contributed by atoms with Gasteiger partial charge in [-0.05, 0) is 12.1 Å². The first-order valence-electron chi connectivity index (χ1n) is 8.26. The van der Waals surface area contributed by atoms with Gasteiger partial charge in [-0.15, -0.1) is 0 Å². The van der Waals surface area contributed by atoms with Crippen LogP contribution in [0.4, 0.5) is 17.3 Å². The van der Waals surface area contributed by atoms with Crippen molar-refractivity contribution in [2.75, 3.05) is 32.0 Å². The largest absolute Gasteiger partial charge is 0.493 e. The summed E-state index contributed by atoms with van der Waals surface area (Å²) in [6.45, 7) is 0.571. The molecule has 0 fully saturated rings. The number of rotatable bonds is 8. The summed E-state index contributed by atoms with van der Waals surface area (Å²) in [6.07, 6.45) is 3.25. The van der Waals surface area contributed by atoms with E-state index in [-0.39, 0.29) is 0 Å². The second kappa shape index (κ2) is 8.70. The molecule has 0 saturated heterocycles. The lowest BCUT2D eigenvalue weighted by molar-refractivity contribution is 0.324. The highest BCUT2D eigenvalue weighted by Gasteiger charge is 2.13. The van der Waals surface area contributed by atoms with Crippen molar-refractivity contribution in [3.63, 3.8) is 0 Å². The summed E-state index contributed by atoms with van der Waals surface area (Å²) < 4.78 is 16.1. The van der Waals surface area contributed by atoms with E-state index in [2.05, 4.69) is 25.6 Å². The Bertz CT molecular complexity index is 865. The van der Waals surface area contributed by atoms with Crippen molar-refractivity contribution in [2.45, 2.75) is 6.54 Å². The van der Waals surface area contributed by atoms with Gasteiger partial charge in [0.2, 0.25) is 5.75 Å². The van der Waals surface area contributed by atoms with Gasteiger partial charge in [-0.1, -0.05) is 6.07 Å². The predicted octanol–water partition coefficient (Wildman–Crippen LogP) is 3.25. The quantitative estimate of drug-likeness (QED) is 0.627. The summed E-state index contributed by atoms with van der Waals surface area (Å²) in [4.78, 5) is 12.8. The van der Waals surface area contributed by atoms with Crippen LogP contribution in [0.5, 0.6) is 17.2 Å². The van der Waals surface area contributed by atoms with E-state index in [1.165, 1.54) is 6.33 Å². The molecule has 0 unspecified atom stereocenters.